The first-order chi connectivity index (χ1) is 11.4. The van der Waals surface area contributed by atoms with Crippen LogP contribution in [-0.4, -0.2) is 40.1 Å². The molecule has 0 amide bonds. The molecule has 3 aliphatic rings. The lowest BCUT2D eigenvalue weighted by atomic mass is 9.90. The third-order valence-corrected chi connectivity index (χ3v) is 6.39. The van der Waals surface area contributed by atoms with Crippen LogP contribution in [0, 0.1) is 0 Å². The summed E-state index contributed by atoms with van der Waals surface area (Å²) >= 11 is 0. The smallest absolute Gasteiger partial charge is 0.0672 e. The minimum Gasteiger partial charge on any atom is -0.357 e. The van der Waals surface area contributed by atoms with Gasteiger partial charge in [0.05, 0.1) is 12.2 Å². The van der Waals surface area contributed by atoms with Crippen molar-refractivity contribution in [3.8, 4) is 0 Å². The van der Waals surface area contributed by atoms with E-state index in [1.807, 2.05) is 0 Å². The number of benzene rings is 1. The lowest BCUT2D eigenvalue weighted by molar-refractivity contribution is 0.0896. The molecule has 3 heteroatoms. The molecule has 0 bridgehead atoms. The van der Waals surface area contributed by atoms with Crippen molar-refractivity contribution in [2.45, 2.75) is 63.7 Å². The topological polar surface area (TPSA) is 22.3 Å². The summed E-state index contributed by atoms with van der Waals surface area (Å²) in [5, 5.41) is 1.46. The Labute approximate surface area is 138 Å². The second kappa shape index (κ2) is 5.35. The zero-order valence-electron chi connectivity index (χ0n) is 14.1. The average molecular weight is 309 g/mol. The second-order valence-corrected chi connectivity index (χ2v) is 7.57. The number of aromatic nitrogens is 1. The molecule has 0 saturated carbocycles. The number of fused-ring (bicyclic) bond motifs is 7. The Balaban J connectivity index is 1.63. The number of rotatable bonds is 2. The van der Waals surface area contributed by atoms with Crippen molar-refractivity contribution in [3.63, 3.8) is 0 Å². The molecular formula is C20H27N3. The van der Waals surface area contributed by atoms with Crippen LogP contribution in [0.1, 0.15) is 56.3 Å². The molecule has 2 unspecified atom stereocenters. The Morgan fingerprint density at radius 1 is 1.13 bits per heavy atom. The lowest BCUT2D eigenvalue weighted by Gasteiger charge is -2.34. The van der Waals surface area contributed by atoms with Gasteiger partial charge in [0.1, 0.15) is 0 Å². The van der Waals surface area contributed by atoms with Crippen molar-refractivity contribution in [3.05, 3.63) is 35.5 Å². The molecule has 3 atom stereocenters. The minimum atomic E-state index is 0.600. The normalized spacial score (nSPS) is 31.1. The summed E-state index contributed by atoms with van der Waals surface area (Å²) in [7, 11) is 0. The summed E-state index contributed by atoms with van der Waals surface area (Å²) < 4.78 is 0. The van der Waals surface area contributed by atoms with Crippen LogP contribution in [0.2, 0.25) is 0 Å². The maximum absolute atomic E-state index is 3.81. The number of aromatic amines is 1. The first kappa shape index (κ1) is 14.1. The quantitative estimate of drug-likeness (QED) is 0.903. The number of hydrogen-bond acceptors (Lipinski definition) is 2. The van der Waals surface area contributed by atoms with Gasteiger partial charge < -0.3 is 4.98 Å². The Morgan fingerprint density at radius 2 is 2.04 bits per heavy atom. The summed E-state index contributed by atoms with van der Waals surface area (Å²) in [6.45, 7) is 4.87. The van der Waals surface area contributed by atoms with Crippen LogP contribution in [0.5, 0.6) is 0 Å². The maximum Gasteiger partial charge on any atom is 0.0672 e. The van der Waals surface area contributed by atoms with E-state index in [1.165, 1.54) is 68.2 Å². The van der Waals surface area contributed by atoms with Gasteiger partial charge in [-0.25, -0.2) is 0 Å². The van der Waals surface area contributed by atoms with Gasteiger partial charge in [-0.05, 0) is 37.3 Å². The molecule has 2 fully saturated rings. The van der Waals surface area contributed by atoms with Gasteiger partial charge in [-0.2, -0.15) is 0 Å². The molecule has 0 aliphatic carbocycles. The molecule has 3 nitrogen and oxygen atoms in total. The van der Waals surface area contributed by atoms with Gasteiger partial charge in [-0.3, -0.25) is 9.80 Å². The van der Waals surface area contributed by atoms with E-state index >= 15 is 0 Å². The molecule has 3 aliphatic heterocycles. The van der Waals surface area contributed by atoms with E-state index in [0.717, 1.165) is 6.04 Å². The van der Waals surface area contributed by atoms with Crippen LogP contribution in [0.25, 0.3) is 10.9 Å². The summed E-state index contributed by atoms with van der Waals surface area (Å²) in [4.78, 5) is 9.49. The van der Waals surface area contributed by atoms with Crippen molar-refractivity contribution in [2.75, 3.05) is 13.1 Å². The highest BCUT2D eigenvalue weighted by molar-refractivity contribution is 5.85. The highest BCUT2D eigenvalue weighted by atomic mass is 15.5. The Kier molecular flexibility index (Phi) is 3.27. The molecule has 0 radical (unpaired) electrons. The Morgan fingerprint density at radius 3 is 2.96 bits per heavy atom. The van der Waals surface area contributed by atoms with Crippen molar-refractivity contribution >= 4 is 10.9 Å². The van der Waals surface area contributed by atoms with E-state index in [0.29, 0.717) is 12.2 Å². The Bertz CT molecular complexity index is 719. The van der Waals surface area contributed by atoms with E-state index < -0.39 is 0 Å². The fraction of sp³-hybridized carbons (Fsp3) is 0.600. The van der Waals surface area contributed by atoms with Crippen molar-refractivity contribution < 1.29 is 0 Å². The zero-order chi connectivity index (χ0) is 15.4. The first-order valence-electron chi connectivity index (χ1n) is 9.49. The van der Waals surface area contributed by atoms with Crippen molar-refractivity contribution in [1.82, 2.24) is 14.8 Å². The molecule has 0 spiro atoms. The van der Waals surface area contributed by atoms with Gasteiger partial charge in [-0.1, -0.05) is 38.0 Å². The van der Waals surface area contributed by atoms with E-state index in [1.54, 1.807) is 5.56 Å². The summed E-state index contributed by atoms with van der Waals surface area (Å²) in [6.07, 6.45) is 8.65. The first-order valence-corrected chi connectivity index (χ1v) is 9.49. The predicted octanol–water partition coefficient (Wildman–Crippen LogP) is 4.06. The highest BCUT2D eigenvalue weighted by Crippen LogP contribution is 2.47. The number of para-hydroxylation sites is 1. The third-order valence-electron chi connectivity index (χ3n) is 6.39. The SMILES string of the molecule is CCCC1N2CCCCC2[C@@H]2c3[nH]c4ccccc4c3CCN12. The molecule has 4 heterocycles. The third kappa shape index (κ3) is 1.96. The molecule has 23 heavy (non-hydrogen) atoms. The van der Waals surface area contributed by atoms with Crippen LogP contribution in [0.15, 0.2) is 24.3 Å². The molecule has 2 saturated heterocycles. The van der Waals surface area contributed by atoms with E-state index in [2.05, 4.69) is 46.0 Å². The summed E-state index contributed by atoms with van der Waals surface area (Å²) in [5.74, 6) is 0. The number of H-pyrrole nitrogens is 1. The number of nitrogens with one attached hydrogen (secondary N) is 1. The summed E-state index contributed by atoms with van der Waals surface area (Å²) in [5.41, 5.74) is 4.47. The lowest BCUT2D eigenvalue weighted by Crippen LogP contribution is -2.43. The predicted molar refractivity (Wildman–Crippen MR) is 94.5 cm³/mol. The van der Waals surface area contributed by atoms with Gasteiger partial charge in [0, 0.05) is 35.7 Å². The van der Waals surface area contributed by atoms with Gasteiger partial charge in [-0.15, -0.1) is 0 Å². The monoisotopic (exact) mass is 309 g/mol. The van der Waals surface area contributed by atoms with Gasteiger partial charge in [0.15, 0.2) is 0 Å². The molecule has 1 aromatic carbocycles. The van der Waals surface area contributed by atoms with Crippen LogP contribution >= 0.6 is 0 Å². The fourth-order valence-electron chi connectivity index (χ4n) is 5.51. The van der Waals surface area contributed by atoms with Crippen LogP contribution in [0.3, 0.4) is 0 Å². The molecule has 1 N–H and O–H groups in total. The van der Waals surface area contributed by atoms with Crippen LogP contribution in [-0.2, 0) is 6.42 Å². The van der Waals surface area contributed by atoms with E-state index in [9.17, 15) is 0 Å². The number of piperidine rings is 1. The molecule has 5 rings (SSSR count). The molecule has 1 aromatic heterocycles. The maximum atomic E-state index is 3.81. The number of hydrogen-bond donors (Lipinski definition) is 1. The van der Waals surface area contributed by atoms with Crippen LogP contribution in [0.4, 0.5) is 0 Å². The van der Waals surface area contributed by atoms with E-state index in [-0.39, 0.29) is 0 Å². The molecular weight excluding hydrogens is 282 g/mol. The van der Waals surface area contributed by atoms with Crippen molar-refractivity contribution in [2.24, 2.45) is 0 Å². The number of nitrogens with zero attached hydrogens (tertiary/aromatic N) is 2. The Hall–Kier alpha value is -1.32. The van der Waals surface area contributed by atoms with Gasteiger partial charge in [0.25, 0.3) is 0 Å². The van der Waals surface area contributed by atoms with Crippen molar-refractivity contribution in [1.29, 1.82) is 0 Å². The average Bonchev–Trinajstić information content (AvgIpc) is 3.12. The highest BCUT2D eigenvalue weighted by Gasteiger charge is 2.50. The molecule has 122 valence electrons. The summed E-state index contributed by atoms with van der Waals surface area (Å²) in [6, 6.07) is 10.2. The fourth-order valence-corrected chi connectivity index (χ4v) is 5.51. The van der Waals surface area contributed by atoms with Crippen LogP contribution < -0.4 is 0 Å². The zero-order valence-corrected chi connectivity index (χ0v) is 14.1. The van der Waals surface area contributed by atoms with Gasteiger partial charge >= 0.3 is 0 Å². The largest absolute Gasteiger partial charge is 0.357 e. The second-order valence-electron chi connectivity index (χ2n) is 7.57. The van der Waals surface area contributed by atoms with E-state index in [4.69, 9.17) is 0 Å². The minimum absolute atomic E-state index is 0.600. The molecule has 2 aromatic rings. The standard InChI is InChI=1S/C20H27N3/c1-2-7-18-22-12-6-5-10-17(22)20-19-15(11-13-23(18)20)14-8-3-4-9-16(14)21-19/h3-4,8-9,17-18,20-21H,2,5-7,10-13H2,1H3/t17?,18?,20-/m1/s1. The van der Waals surface area contributed by atoms with Gasteiger partial charge in [0.2, 0.25) is 0 Å².